The maximum Gasteiger partial charge on any atom is 0.356 e. The summed E-state index contributed by atoms with van der Waals surface area (Å²) in [6.45, 7) is 0.736. The Kier molecular flexibility index (Phi) is 3.43. The molecule has 6 heteroatoms. The van der Waals surface area contributed by atoms with E-state index in [1.807, 2.05) is 6.07 Å². The number of nitrogens with one attached hydrogen (secondary N) is 1. The number of ether oxygens (including phenoxy) is 1. The van der Waals surface area contributed by atoms with Gasteiger partial charge in [0.1, 0.15) is 5.69 Å². The number of halogens is 2. The van der Waals surface area contributed by atoms with E-state index in [4.69, 9.17) is 0 Å². The average molecular weight is 296 g/mol. The first kappa shape index (κ1) is 14.4. The van der Waals surface area contributed by atoms with Crippen LogP contribution in [0.4, 0.5) is 8.78 Å². The molecule has 2 heterocycles. The van der Waals surface area contributed by atoms with Crippen molar-refractivity contribution >= 4 is 5.97 Å². The zero-order valence-corrected chi connectivity index (χ0v) is 11.9. The Morgan fingerprint density at radius 1 is 1.43 bits per heavy atom. The van der Waals surface area contributed by atoms with Gasteiger partial charge in [-0.3, -0.25) is 0 Å². The lowest BCUT2D eigenvalue weighted by Crippen LogP contribution is -2.52. The number of carbonyl (C=O) groups excluding carboxylic acids is 1. The molecule has 2 fully saturated rings. The van der Waals surface area contributed by atoms with Crippen LogP contribution in [0, 0.1) is 5.41 Å². The highest BCUT2D eigenvalue weighted by molar-refractivity contribution is 5.86. The summed E-state index contributed by atoms with van der Waals surface area (Å²) in [7, 11) is 1.31. The largest absolute Gasteiger partial charge is 0.464 e. The average Bonchev–Trinajstić information content (AvgIpc) is 2.44. The molecule has 21 heavy (non-hydrogen) atoms. The van der Waals surface area contributed by atoms with Gasteiger partial charge in [-0.25, -0.2) is 18.6 Å². The summed E-state index contributed by atoms with van der Waals surface area (Å²) in [6.07, 6.45) is 3.10. The fraction of sp³-hybridized carbons (Fsp3) is 0.600. The van der Waals surface area contributed by atoms with Crippen molar-refractivity contribution in [3.63, 3.8) is 0 Å². The molecule has 1 saturated heterocycles. The van der Waals surface area contributed by atoms with E-state index < -0.39 is 11.9 Å². The molecule has 1 spiro atoms. The van der Waals surface area contributed by atoms with Crippen LogP contribution >= 0.6 is 0 Å². The molecule has 114 valence electrons. The number of pyridine rings is 1. The molecule has 1 aromatic heterocycles. The number of piperidine rings is 1. The van der Waals surface area contributed by atoms with Gasteiger partial charge in [-0.15, -0.1) is 0 Å². The number of carbonyl (C=O) groups is 1. The predicted octanol–water partition coefficient (Wildman–Crippen LogP) is 2.71. The zero-order valence-electron chi connectivity index (χ0n) is 11.9. The molecule has 0 aromatic carbocycles. The predicted molar refractivity (Wildman–Crippen MR) is 72.2 cm³/mol. The van der Waals surface area contributed by atoms with Crippen LogP contribution in [0.25, 0.3) is 0 Å². The number of hydrogen-bond acceptors (Lipinski definition) is 4. The quantitative estimate of drug-likeness (QED) is 0.853. The van der Waals surface area contributed by atoms with Crippen LogP contribution in [0.2, 0.25) is 0 Å². The van der Waals surface area contributed by atoms with Crippen LogP contribution in [0.15, 0.2) is 18.3 Å². The lowest BCUT2D eigenvalue weighted by atomic mass is 9.59. The highest BCUT2D eigenvalue weighted by Gasteiger charge is 2.57. The molecule has 1 atom stereocenters. The van der Waals surface area contributed by atoms with Gasteiger partial charge in [-0.2, -0.15) is 0 Å². The van der Waals surface area contributed by atoms with Crippen LogP contribution in [0.5, 0.6) is 0 Å². The summed E-state index contributed by atoms with van der Waals surface area (Å²) >= 11 is 0. The number of hydrogen-bond donors (Lipinski definition) is 1. The Bertz CT molecular complexity index is 537. The SMILES string of the molecule is COC(=O)c1ccc(C2CC3(CCN2)CC(F)(F)C3)cn1. The first-order chi connectivity index (χ1) is 9.93. The molecule has 1 aliphatic heterocycles. The summed E-state index contributed by atoms with van der Waals surface area (Å²) in [5.74, 6) is -2.97. The first-order valence-corrected chi connectivity index (χ1v) is 7.09. The van der Waals surface area contributed by atoms with Crippen molar-refractivity contribution < 1.29 is 18.3 Å². The normalized spacial score (nSPS) is 26.1. The number of methoxy groups -OCH3 is 1. The molecule has 1 N–H and O–H groups in total. The fourth-order valence-electron chi connectivity index (χ4n) is 3.56. The van der Waals surface area contributed by atoms with Gasteiger partial charge < -0.3 is 10.1 Å². The van der Waals surface area contributed by atoms with E-state index in [1.54, 1.807) is 12.3 Å². The molecule has 3 rings (SSSR count). The van der Waals surface area contributed by atoms with Crippen molar-refractivity contribution in [3.8, 4) is 0 Å². The summed E-state index contributed by atoms with van der Waals surface area (Å²) in [6, 6.07) is 3.45. The molecular weight excluding hydrogens is 278 g/mol. The van der Waals surface area contributed by atoms with E-state index in [2.05, 4.69) is 15.0 Å². The standard InChI is InChI=1S/C15H18F2N2O2/c1-21-13(20)11-3-2-10(7-19-11)12-6-14(4-5-18-12)8-15(16,17)9-14/h2-3,7,12,18H,4-6,8-9H2,1H3. The molecule has 1 aliphatic carbocycles. The second-order valence-corrected chi connectivity index (χ2v) is 6.14. The lowest BCUT2D eigenvalue weighted by molar-refractivity contribution is -0.174. The van der Waals surface area contributed by atoms with Gasteiger partial charge in [-0.05, 0) is 36.4 Å². The molecule has 4 nitrogen and oxygen atoms in total. The molecule has 0 amide bonds. The van der Waals surface area contributed by atoms with E-state index in [-0.39, 0.29) is 30.0 Å². The van der Waals surface area contributed by atoms with Crippen molar-refractivity contribution in [1.29, 1.82) is 0 Å². The minimum absolute atomic E-state index is 0.00808. The zero-order chi connectivity index (χ0) is 15.1. The maximum atomic E-state index is 13.2. The molecule has 0 bridgehead atoms. The third-order valence-electron chi connectivity index (χ3n) is 4.53. The van der Waals surface area contributed by atoms with Gasteiger partial charge in [0, 0.05) is 25.1 Å². The van der Waals surface area contributed by atoms with Crippen LogP contribution in [0.1, 0.15) is 47.8 Å². The van der Waals surface area contributed by atoms with Gasteiger partial charge in [0.15, 0.2) is 0 Å². The number of rotatable bonds is 2. The van der Waals surface area contributed by atoms with Crippen molar-refractivity contribution in [3.05, 3.63) is 29.6 Å². The second kappa shape index (κ2) is 5.02. The van der Waals surface area contributed by atoms with Gasteiger partial charge in [0.25, 0.3) is 0 Å². The Hall–Kier alpha value is -1.56. The Morgan fingerprint density at radius 2 is 2.19 bits per heavy atom. The van der Waals surface area contributed by atoms with E-state index >= 15 is 0 Å². The number of nitrogens with zero attached hydrogens (tertiary/aromatic N) is 1. The molecule has 1 aromatic rings. The van der Waals surface area contributed by atoms with E-state index in [0.29, 0.717) is 6.42 Å². The lowest BCUT2D eigenvalue weighted by Gasteiger charge is -2.52. The van der Waals surface area contributed by atoms with Crippen LogP contribution < -0.4 is 5.32 Å². The minimum Gasteiger partial charge on any atom is -0.464 e. The number of aromatic nitrogens is 1. The van der Waals surface area contributed by atoms with Crippen LogP contribution in [0.3, 0.4) is 0 Å². The van der Waals surface area contributed by atoms with Gasteiger partial charge in [0.2, 0.25) is 5.92 Å². The Labute approximate surface area is 121 Å². The van der Waals surface area contributed by atoms with E-state index in [1.165, 1.54) is 7.11 Å². The third kappa shape index (κ3) is 2.77. The van der Waals surface area contributed by atoms with Crippen molar-refractivity contribution in [1.82, 2.24) is 10.3 Å². The first-order valence-electron chi connectivity index (χ1n) is 7.09. The third-order valence-corrected chi connectivity index (χ3v) is 4.53. The van der Waals surface area contributed by atoms with Gasteiger partial charge in [-0.1, -0.05) is 6.07 Å². The highest BCUT2D eigenvalue weighted by Crippen LogP contribution is 2.58. The monoisotopic (exact) mass is 296 g/mol. The Balaban J connectivity index is 1.71. The number of esters is 1. The van der Waals surface area contributed by atoms with Crippen molar-refractivity contribution in [2.45, 2.75) is 37.6 Å². The highest BCUT2D eigenvalue weighted by atomic mass is 19.3. The van der Waals surface area contributed by atoms with E-state index in [0.717, 1.165) is 18.5 Å². The Morgan fingerprint density at radius 3 is 2.76 bits per heavy atom. The fourth-order valence-corrected chi connectivity index (χ4v) is 3.56. The van der Waals surface area contributed by atoms with Crippen LogP contribution in [-0.2, 0) is 4.74 Å². The number of alkyl halides is 2. The van der Waals surface area contributed by atoms with E-state index in [9.17, 15) is 13.6 Å². The summed E-state index contributed by atoms with van der Waals surface area (Å²) in [5.41, 5.74) is 0.944. The summed E-state index contributed by atoms with van der Waals surface area (Å²) < 4.78 is 31.0. The second-order valence-electron chi connectivity index (χ2n) is 6.14. The molecular formula is C15H18F2N2O2. The summed E-state index contributed by atoms with van der Waals surface area (Å²) in [5, 5.41) is 3.35. The topological polar surface area (TPSA) is 51.2 Å². The smallest absolute Gasteiger partial charge is 0.356 e. The van der Waals surface area contributed by atoms with Crippen molar-refractivity contribution in [2.75, 3.05) is 13.7 Å². The molecule has 0 radical (unpaired) electrons. The van der Waals surface area contributed by atoms with Gasteiger partial charge >= 0.3 is 5.97 Å². The molecule has 1 saturated carbocycles. The van der Waals surface area contributed by atoms with Crippen molar-refractivity contribution in [2.24, 2.45) is 5.41 Å². The molecule has 1 unspecified atom stereocenters. The maximum absolute atomic E-state index is 13.2. The molecule has 2 aliphatic rings. The van der Waals surface area contributed by atoms with Crippen LogP contribution in [-0.4, -0.2) is 30.5 Å². The minimum atomic E-state index is -2.49. The van der Waals surface area contributed by atoms with Gasteiger partial charge in [0.05, 0.1) is 7.11 Å². The summed E-state index contributed by atoms with van der Waals surface area (Å²) in [4.78, 5) is 15.4.